The SMILES string of the molecule is c1ccc(-c2ccc3c(c2)oc2c(-c4ccccc4)ccc(N(c4cccc(-n5c6ccccc6c6ccccc65)c4)c4ccc5sc6ccccc6c5c4)c23)cc1. The molecular weight excluding hydrogens is 725 g/mol. The van der Waals surface area contributed by atoms with E-state index in [1.54, 1.807) is 0 Å². The third kappa shape index (κ3) is 5.12. The van der Waals surface area contributed by atoms with Crippen LogP contribution in [-0.2, 0) is 0 Å². The van der Waals surface area contributed by atoms with Gasteiger partial charge in [-0.1, -0.05) is 127 Å². The third-order valence-corrected chi connectivity index (χ3v) is 12.7. The normalized spacial score (nSPS) is 11.8. The van der Waals surface area contributed by atoms with E-state index in [2.05, 4.69) is 216 Å². The molecule has 12 aromatic rings. The Hall–Kier alpha value is -7.40. The van der Waals surface area contributed by atoms with Crippen LogP contribution in [0.25, 0.3) is 91.9 Å². The zero-order chi connectivity index (χ0) is 38.2. The molecule has 0 saturated carbocycles. The van der Waals surface area contributed by atoms with Crippen molar-refractivity contribution in [2.45, 2.75) is 0 Å². The third-order valence-electron chi connectivity index (χ3n) is 11.6. The number of para-hydroxylation sites is 2. The van der Waals surface area contributed by atoms with Crippen LogP contribution in [-0.4, -0.2) is 4.57 Å². The highest BCUT2D eigenvalue weighted by atomic mass is 32.1. The molecule has 3 aromatic heterocycles. The summed E-state index contributed by atoms with van der Waals surface area (Å²) in [5.74, 6) is 0. The first kappa shape index (κ1) is 32.8. The fourth-order valence-corrected chi connectivity index (χ4v) is 10.0. The second-order valence-electron chi connectivity index (χ2n) is 14.9. The maximum Gasteiger partial charge on any atom is 0.145 e. The monoisotopic (exact) mass is 758 g/mol. The molecule has 3 heterocycles. The van der Waals surface area contributed by atoms with Crippen LogP contribution in [0.4, 0.5) is 17.1 Å². The molecule has 0 fully saturated rings. The molecule has 58 heavy (non-hydrogen) atoms. The largest absolute Gasteiger partial charge is 0.455 e. The first-order valence-corrected chi connectivity index (χ1v) is 20.5. The molecule has 0 amide bonds. The van der Waals surface area contributed by atoms with E-state index in [0.717, 1.165) is 66.9 Å². The number of benzene rings is 9. The van der Waals surface area contributed by atoms with Gasteiger partial charge in [-0.2, -0.15) is 0 Å². The number of thiophene rings is 1. The fourth-order valence-electron chi connectivity index (χ4n) is 8.96. The van der Waals surface area contributed by atoms with Crippen molar-refractivity contribution >= 4 is 92.3 Å². The molecule has 0 atom stereocenters. The summed E-state index contributed by atoms with van der Waals surface area (Å²) >= 11 is 1.84. The topological polar surface area (TPSA) is 21.3 Å². The maximum atomic E-state index is 7.03. The van der Waals surface area contributed by atoms with Gasteiger partial charge >= 0.3 is 0 Å². The second kappa shape index (κ2) is 13.1. The van der Waals surface area contributed by atoms with Crippen LogP contribution >= 0.6 is 11.3 Å². The lowest BCUT2D eigenvalue weighted by Crippen LogP contribution is -2.11. The average Bonchev–Trinajstić information content (AvgIpc) is 3.97. The minimum Gasteiger partial charge on any atom is -0.455 e. The molecule has 0 aliphatic heterocycles. The van der Waals surface area contributed by atoms with Gasteiger partial charge in [0.05, 0.1) is 22.1 Å². The van der Waals surface area contributed by atoms with E-state index in [4.69, 9.17) is 4.42 Å². The standard InChI is InChI=1S/C54H34N2OS/c1-3-14-35(15-4-1)37-26-28-45-50(32-37)57-54-41(36-16-5-2-6-17-36)29-30-49(53(45)54)55(40-27-31-52-46(34-40)44-22-9-12-25-51(44)58-52)38-18-13-19-39(33-38)56-47-23-10-7-20-42(47)43-21-8-11-24-48(43)56/h1-34H. The fraction of sp³-hybridized carbons (Fsp3) is 0. The van der Waals surface area contributed by atoms with Gasteiger partial charge in [0, 0.05) is 59.0 Å². The highest BCUT2D eigenvalue weighted by Crippen LogP contribution is 2.48. The van der Waals surface area contributed by atoms with Crippen LogP contribution < -0.4 is 4.90 Å². The lowest BCUT2D eigenvalue weighted by molar-refractivity contribution is 0.670. The van der Waals surface area contributed by atoms with E-state index in [9.17, 15) is 0 Å². The molecule has 0 saturated heterocycles. The Labute approximate surface area is 338 Å². The molecule has 0 aliphatic rings. The van der Waals surface area contributed by atoms with E-state index in [0.29, 0.717) is 0 Å². The molecule has 0 radical (unpaired) electrons. The van der Waals surface area contributed by atoms with Gasteiger partial charge in [0.1, 0.15) is 11.2 Å². The quantitative estimate of drug-likeness (QED) is 0.168. The van der Waals surface area contributed by atoms with Crippen LogP contribution in [0.3, 0.4) is 0 Å². The predicted octanol–water partition coefficient (Wildman–Crippen LogP) is 15.9. The van der Waals surface area contributed by atoms with E-state index >= 15 is 0 Å². The van der Waals surface area contributed by atoms with Crippen molar-refractivity contribution in [3.05, 3.63) is 206 Å². The van der Waals surface area contributed by atoms with Crippen LogP contribution in [0.5, 0.6) is 0 Å². The average molecular weight is 759 g/mol. The summed E-state index contributed by atoms with van der Waals surface area (Å²) in [5, 5.41) is 7.17. The smallest absolute Gasteiger partial charge is 0.145 e. The van der Waals surface area contributed by atoms with E-state index in [-0.39, 0.29) is 0 Å². The van der Waals surface area contributed by atoms with Crippen molar-refractivity contribution in [1.82, 2.24) is 4.57 Å². The molecule has 272 valence electrons. The molecule has 9 aromatic carbocycles. The number of furan rings is 1. The van der Waals surface area contributed by atoms with Crippen LogP contribution in [0.1, 0.15) is 0 Å². The molecule has 12 rings (SSSR count). The van der Waals surface area contributed by atoms with Crippen LogP contribution in [0, 0.1) is 0 Å². The number of rotatable bonds is 6. The highest BCUT2D eigenvalue weighted by molar-refractivity contribution is 7.25. The highest BCUT2D eigenvalue weighted by Gasteiger charge is 2.24. The predicted molar refractivity (Wildman–Crippen MR) is 247 cm³/mol. The van der Waals surface area contributed by atoms with E-state index < -0.39 is 0 Å². The first-order chi connectivity index (χ1) is 28.8. The Balaban J connectivity index is 1.15. The summed E-state index contributed by atoms with van der Waals surface area (Å²) < 4.78 is 12.0. The number of fused-ring (bicyclic) bond motifs is 9. The summed E-state index contributed by atoms with van der Waals surface area (Å²) in [6.07, 6.45) is 0. The Morgan fingerprint density at radius 3 is 1.84 bits per heavy atom. The van der Waals surface area contributed by atoms with Crippen molar-refractivity contribution in [3.8, 4) is 27.9 Å². The van der Waals surface area contributed by atoms with Gasteiger partial charge < -0.3 is 13.9 Å². The second-order valence-corrected chi connectivity index (χ2v) is 16.0. The van der Waals surface area contributed by atoms with Crippen LogP contribution in [0.15, 0.2) is 211 Å². The van der Waals surface area contributed by atoms with Gasteiger partial charge in [-0.15, -0.1) is 11.3 Å². The number of hydrogen-bond acceptors (Lipinski definition) is 3. The molecule has 3 nitrogen and oxygen atoms in total. The summed E-state index contributed by atoms with van der Waals surface area (Å²) in [4.78, 5) is 2.43. The Morgan fingerprint density at radius 1 is 0.414 bits per heavy atom. The number of anilines is 3. The van der Waals surface area contributed by atoms with Crippen molar-refractivity contribution in [2.24, 2.45) is 0 Å². The summed E-state index contributed by atoms with van der Waals surface area (Å²) in [6.45, 7) is 0. The number of aromatic nitrogens is 1. The lowest BCUT2D eigenvalue weighted by atomic mass is 9.98. The Kier molecular flexibility index (Phi) is 7.40. The summed E-state index contributed by atoms with van der Waals surface area (Å²) in [7, 11) is 0. The van der Waals surface area contributed by atoms with Gasteiger partial charge in [-0.3, -0.25) is 0 Å². The molecule has 0 aliphatic carbocycles. The van der Waals surface area contributed by atoms with Crippen molar-refractivity contribution in [3.63, 3.8) is 0 Å². The van der Waals surface area contributed by atoms with Crippen LogP contribution in [0.2, 0.25) is 0 Å². The maximum absolute atomic E-state index is 7.03. The molecule has 0 spiro atoms. The number of hydrogen-bond donors (Lipinski definition) is 0. The zero-order valence-electron chi connectivity index (χ0n) is 31.3. The molecule has 0 bridgehead atoms. The van der Waals surface area contributed by atoms with Gasteiger partial charge in [-0.05, 0) is 95.6 Å². The molecule has 0 unspecified atom stereocenters. The van der Waals surface area contributed by atoms with E-state index in [1.807, 2.05) is 11.3 Å². The van der Waals surface area contributed by atoms with Crippen molar-refractivity contribution in [1.29, 1.82) is 0 Å². The Bertz CT molecular complexity index is 3470. The molecular formula is C54H34N2OS. The first-order valence-electron chi connectivity index (χ1n) is 19.7. The minimum absolute atomic E-state index is 0.860. The van der Waals surface area contributed by atoms with Gasteiger partial charge in [0.2, 0.25) is 0 Å². The van der Waals surface area contributed by atoms with Gasteiger partial charge in [-0.25, -0.2) is 0 Å². The van der Waals surface area contributed by atoms with Crippen molar-refractivity contribution in [2.75, 3.05) is 4.90 Å². The van der Waals surface area contributed by atoms with Gasteiger partial charge in [0.15, 0.2) is 0 Å². The van der Waals surface area contributed by atoms with Crippen molar-refractivity contribution < 1.29 is 4.42 Å². The van der Waals surface area contributed by atoms with E-state index in [1.165, 1.54) is 42.0 Å². The lowest BCUT2D eigenvalue weighted by Gasteiger charge is -2.27. The van der Waals surface area contributed by atoms with Gasteiger partial charge in [0.25, 0.3) is 0 Å². The summed E-state index contributed by atoms with van der Waals surface area (Å²) in [5.41, 5.74) is 12.9. The molecule has 4 heteroatoms. The molecule has 0 N–H and O–H groups in total. The summed E-state index contributed by atoms with van der Waals surface area (Å²) in [6, 6.07) is 74.4. The number of nitrogens with zero attached hydrogens (tertiary/aromatic N) is 2. The minimum atomic E-state index is 0.860. The Morgan fingerprint density at radius 2 is 1.07 bits per heavy atom. The zero-order valence-corrected chi connectivity index (χ0v) is 32.2.